The molecule has 0 saturated carbocycles. The van der Waals surface area contributed by atoms with Crippen molar-refractivity contribution in [3.63, 3.8) is 0 Å². The van der Waals surface area contributed by atoms with Crippen molar-refractivity contribution in [2.24, 2.45) is 0 Å². The number of carbonyl (C=O) groups excluding carboxylic acids is 2. The molecule has 0 heterocycles. The Morgan fingerprint density at radius 3 is 2.12 bits per heavy atom. The van der Waals surface area contributed by atoms with Crippen molar-refractivity contribution in [1.82, 2.24) is 10.2 Å². The third kappa shape index (κ3) is 8.17. The summed E-state index contributed by atoms with van der Waals surface area (Å²) in [5.41, 5.74) is 0.982. The van der Waals surface area contributed by atoms with Gasteiger partial charge < -0.3 is 19.7 Å². The highest BCUT2D eigenvalue weighted by molar-refractivity contribution is 7.92. The van der Waals surface area contributed by atoms with Crippen molar-refractivity contribution >= 4 is 39.1 Å². The van der Waals surface area contributed by atoms with Crippen LogP contribution in [-0.4, -0.2) is 58.0 Å². The highest BCUT2D eigenvalue weighted by Crippen LogP contribution is 2.27. The van der Waals surface area contributed by atoms with Gasteiger partial charge >= 0.3 is 0 Å². The maximum Gasteiger partial charge on any atom is 0.264 e. The summed E-state index contributed by atoms with van der Waals surface area (Å²) < 4.78 is 39.5. The molecule has 9 nitrogen and oxygen atoms in total. The summed E-state index contributed by atoms with van der Waals surface area (Å²) in [7, 11) is -1.18. The van der Waals surface area contributed by atoms with E-state index in [1.807, 2.05) is 26.8 Å². The topological polar surface area (TPSA) is 105 Å². The van der Waals surface area contributed by atoms with Crippen molar-refractivity contribution < 1.29 is 27.5 Å². The molecule has 3 rings (SSSR count). The Kier molecular flexibility index (Phi) is 11.6. The van der Waals surface area contributed by atoms with E-state index in [-0.39, 0.29) is 29.1 Å². The van der Waals surface area contributed by atoms with Crippen LogP contribution < -0.4 is 19.1 Å². The number of ether oxygens (including phenoxy) is 2. The van der Waals surface area contributed by atoms with E-state index in [1.165, 1.54) is 48.4 Å². The molecule has 1 N–H and O–H groups in total. The predicted molar refractivity (Wildman–Crippen MR) is 164 cm³/mol. The zero-order chi connectivity index (χ0) is 30.9. The molecule has 0 aliphatic heterocycles. The summed E-state index contributed by atoms with van der Waals surface area (Å²) in [6.07, 6.45) is 1.04. The van der Waals surface area contributed by atoms with E-state index in [0.29, 0.717) is 22.9 Å². The van der Waals surface area contributed by atoms with Crippen LogP contribution in [0.25, 0.3) is 0 Å². The van der Waals surface area contributed by atoms with Crippen molar-refractivity contribution in [3.05, 3.63) is 83.4 Å². The number of hydrogen-bond acceptors (Lipinski definition) is 6. The van der Waals surface area contributed by atoms with Crippen molar-refractivity contribution in [1.29, 1.82) is 0 Å². The van der Waals surface area contributed by atoms with Crippen molar-refractivity contribution in [3.8, 4) is 11.5 Å². The molecule has 0 aliphatic carbocycles. The van der Waals surface area contributed by atoms with Gasteiger partial charge in [0.1, 0.15) is 24.1 Å². The van der Waals surface area contributed by atoms with Crippen LogP contribution in [0.1, 0.15) is 39.2 Å². The number of amides is 2. The van der Waals surface area contributed by atoms with Crippen LogP contribution in [0.15, 0.2) is 77.7 Å². The highest BCUT2D eigenvalue weighted by atomic mass is 35.5. The van der Waals surface area contributed by atoms with Gasteiger partial charge in [0.05, 0.1) is 24.8 Å². The molecule has 0 bridgehead atoms. The van der Waals surface area contributed by atoms with Crippen LogP contribution >= 0.6 is 11.6 Å². The Balaban J connectivity index is 2.06. The van der Waals surface area contributed by atoms with Gasteiger partial charge in [0.15, 0.2) is 0 Å². The molecule has 3 aromatic rings. The first-order valence-electron chi connectivity index (χ1n) is 13.7. The minimum atomic E-state index is -4.21. The average molecular weight is 616 g/mol. The lowest BCUT2D eigenvalue weighted by Gasteiger charge is -2.33. The van der Waals surface area contributed by atoms with Crippen molar-refractivity contribution in [2.45, 2.75) is 57.1 Å². The maximum absolute atomic E-state index is 14.2. The molecule has 226 valence electrons. The van der Waals surface area contributed by atoms with Gasteiger partial charge in [-0.25, -0.2) is 8.42 Å². The molecule has 0 radical (unpaired) electrons. The molecule has 42 heavy (non-hydrogen) atoms. The monoisotopic (exact) mass is 615 g/mol. The Hall–Kier alpha value is -3.76. The highest BCUT2D eigenvalue weighted by Gasteiger charge is 2.34. The number of nitrogens with zero attached hydrogens (tertiary/aromatic N) is 2. The second-order valence-corrected chi connectivity index (χ2v) is 12.1. The fraction of sp³-hybridized carbons (Fsp3) is 0.355. The number of carbonyl (C=O) groups is 2. The average Bonchev–Trinajstić information content (AvgIpc) is 3.00. The summed E-state index contributed by atoms with van der Waals surface area (Å²) >= 11 is 6.09. The zero-order valence-corrected chi connectivity index (χ0v) is 26.1. The van der Waals surface area contributed by atoms with E-state index in [4.69, 9.17) is 21.1 Å². The van der Waals surface area contributed by atoms with Crippen LogP contribution in [0, 0.1) is 0 Å². The first-order chi connectivity index (χ1) is 20.0. The quantitative estimate of drug-likeness (QED) is 0.265. The van der Waals surface area contributed by atoms with Gasteiger partial charge in [-0.3, -0.25) is 13.9 Å². The summed E-state index contributed by atoms with van der Waals surface area (Å²) in [6.45, 7) is 5.19. The first kappa shape index (κ1) is 32.8. The van der Waals surface area contributed by atoms with Crippen LogP contribution in [-0.2, 0) is 26.2 Å². The van der Waals surface area contributed by atoms with Gasteiger partial charge in [0, 0.05) is 17.6 Å². The summed E-state index contributed by atoms with van der Waals surface area (Å²) in [6, 6.07) is 18.4. The number of sulfonamides is 1. The Morgan fingerprint density at radius 1 is 0.905 bits per heavy atom. The fourth-order valence-corrected chi connectivity index (χ4v) is 5.88. The molecule has 0 aromatic heterocycles. The molecule has 0 aliphatic rings. The summed E-state index contributed by atoms with van der Waals surface area (Å²) in [5.74, 6) is 0.239. The molecular formula is C31H38ClN3O6S. The maximum atomic E-state index is 14.2. The van der Waals surface area contributed by atoms with E-state index in [9.17, 15) is 18.0 Å². The Labute approximate surface area is 253 Å². The van der Waals surface area contributed by atoms with Gasteiger partial charge in [0.25, 0.3) is 10.0 Å². The van der Waals surface area contributed by atoms with E-state index in [2.05, 4.69) is 5.32 Å². The van der Waals surface area contributed by atoms with Crippen LogP contribution in [0.2, 0.25) is 5.02 Å². The first-order valence-corrected chi connectivity index (χ1v) is 15.5. The van der Waals surface area contributed by atoms with E-state index in [0.717, 1.165) is 16.3 Å². The number of halogens is 1. The van der Waals surface area contributed by atoms with Gasteiger partial charge in [0.2, 0.25) is 11.8 Å². The smallest absolute Gasteiger partial charge is 0.264 e. The Bertz CT molecular complexity index is 1450. The van der Waals surface area contributed by atoms with Crippen molar-refractivity contribution in [2.75, 3.05) is 25.1 Å². The lowest BCUT2D eigenvalue weighted by Crippen LogP contribution is -2.53. The zero-order valence-electron chi connectivity index (χ0n) is 24.5. The molecule has 0 saturated heterocycles. The normalized spacial score (nSPS) is 12.6. The molecule has 0 spiro atoms. The van der Waals surface area contributed by atoms with Gasteiger partial charge in [-0.1, -0.05) is 37.6 Å². The van der Waals surface area contributed by atoms with Gasteiger partial charge in [-0.2, -0.15) is 0 Å². The minimum Gasteiger partial charge on any atom is -0.497 e. The number of rotatable bonds is 14. The summed E-state index contributed by atoms with van der Waals surface area (Å²) in [4.78, 5) is 28.9. The van der Waals surface area contributed by atoms with Gasteiger partial charge in [-0.15, -0.1) is 0 Å². The fourth-order valence-electron chi connectivity index (χ4n) is 4.34. The van der Waals surface area contributed by atoms with Crippen LogP contribution in [0.4, 0.5) is 5.69 Å². The van der Waals surface area contributed by atoms with E-state index >= 15 is 0 Å². The SMILES string of the molecule is CCC(C)NC(=O)C(CC)N(Cc1cccc(OC)c1)C(=O)CN(c1ccc(Cl)cc1)S(=O)(=O)c1ccc(OC)cc1. The molecule has 2 amide bonds. The number of nitrogens with one attached hydrogen (secondary N) is 1. The largest absolute Gasteiger partial charge is 0.497 e. The van der Waals surface area contributed by atoms with E-state index in [1.54, 1.807) is 37.4 Å². The third-order valence-corrected chi connectivity index (χ3v) is 8.95. The number of hydrogen-bond donors (Lipinski definition) is 1. The lowest BCUT2D eigenvalue weighted by molar-refractivity contribution is -0.140. The second kappa shape index (κ2) is 14.9. The minimum absolute atomic E-state index is 0.0213. The molecule has 2 atom stereocenters. The molecule has 3 aromatic carbocycles. The molecule has 0 fully saturated rings. The predicted octanol–water partition coefficient (Wildman–Crippen LogP) is 5.27. The molecular weight excluding hydrogens is 578 g/mol. The molecule has 2 unspecified atom stereocenters. The molecule has 11 heteroatoms. The standard InChI is InChI=1S/C31H38ClN3O6S/c1-6-22(3)33-31(37)29(7-2)34(20-23-9-8-10-27(19-23)41-5)30(36)21-35(25-13-11-24(32)12-14-25)42(38,39)28-17-15-26(40-4)16-18-28/h8-19,22,29H,6-7,20-21H2,1-5H3,(H,33,37). The second-order valence-electron chi connectivity index (χ2n) is 9.78. The Morgan fingerprint density at radius 2 is 1.55 bits per heavy atom. The number of anilines is 1. The lowest BCUT2D eigenvalue weighted by atomic mass is 10.1. The van der Waals surface area contributed by atoms with Crippen LogP contribution in [0.3, 0.4) is 0 Å². The van der Waals surface area contributed by atoms with E-state index < -0.39 is 28.5 Å². The summed E-state index contributed by atoms with van der Waals surface area (Å²) in [5, 5.41) is 3.38. The van der Waals surface area contributed by atoms with Crippen LogP contribution in [0.5, 0.6) is 11.5 Å². The number of benzene rings is 3. The number of methoxy groups -OCH3 is 2. The van der Waals surface area contributed by atoms with Gasteiger partial charge in [-0.05, 0) is 86.0 Å². The third-order valence-electron chi connectivity index (χ3n) is 6.91.